The number of hydrogen-bond donors (Lipinski definition) is 1. The zero-order valence-electron chi connectivity index (χ0n) is 7.88. The SMILES string of the molecule is O=C(O)Cc1ncsc1-c1ccccc1. The summed E-state index contributed by atoms with van der Waals surface area (Å²) in [7, 11) is 0. The zero-order valence-corrected chi connectivity index (χ0v) is 8.70. The number of nitrogens with zero attached hydrogens (tertiary/aromatic N) is 1. The van der Waals surface area contributed by atoms with E-state index in [0.29, 0.717) is 5.69 Å². The molecule has 0 atom stereocenters. The molecule has 0 unspecified atom stereocenters. The first-order valence-corrected chi connectivity index (χ1v) is 5.35. The minimum absolute atomic E-state index is 0.0201. The van der Waals surface area contributed by atoms with Gasteiger partial charge < -0.3 is 5.11 Å². The Kier molecular flexibility index (Phi) is 2.78. The van der Waals surface area contributed by atoms with Crippen molar-refractivity contribution in [2.45, 2.75) is 6.42 Å². The van der Waals surface area contributed by atoms with Gasteiger partial charge in [-0.25, -0.2) is 4.98 Å². The Morgan fingerprint density at radius 3 is 2.73 bits per heavy atom. The fourth-order valence-electron chi connectivity index (χ4n) is 1.36. The van der Waals surface area contributed by atoms with Crippen molar-refractivity contribution in [3.63, 3.8) is 0 Å². The fraction of sp³-hybridized carbons (Fsp3) is 0.0909. The van der Waals surface area contributed by atoms with Gasteiger partial charge in [-0.15, -0.1) is 11.3 Å². The van der Waals surface area contributed by atoms with Crippen LogP contribution in [0, 0.1) is 0 Å². The molecule has 0 spiro atoms. The Bertz CT molecular complexity index is 464. The molecule has 15 heavy (non-hydrogen) atoms. The maximum absolute atomic E-state index is 10.6. The molecular weight excluding hydrogens is 210 g/mol. The summed E-state index contributed by atoms with van der Waals surface area (Å²) in [5.74, 6) is -0.849. The van der Waals surface area contributed by atoms with Crippen molar-refractivity contribution in [1.29, 1.82) is 0 Å². The molecule has 0 aliphatic heterocycles. The van der Waals surface area contributed by atoms with E-state index in [1.54, 1.807) is 5.51 Å². The molecule has 1 heterocycles. The van der Waals surface area contributed by atoms with Gasteiger partial charge in [-0.2, -0.15) is 0 Å². The first-order valence-electron chi connectivity index (χ1n) is 4.47. The van der Waals surface area contributed by atoms with Crippen molar-refractivity contribution in [2.24, 2.45) is 0 Å². The van der Waals surface area contributed by atoms with Gasteiger partial charge in [0.2, 0.25) is 0 Å². The Hall–Kier alpha value is -1.68. The summed E-state index contributed by atoms with van der Waals surface area (Å²) in [5.41, 5.74) is 3.34. The van der Waals surface area contributed by atoms with Gasteiger partial charge in [-0.05, 0) is 5.56 Å². The minimum Gasteiger partial charge on any atom is -0.481 e. The summed E-state index contributed by atoms with van der Waals surface area (Å²) in [4.78, 5) is 15.6. The quantitative estimate of drug-likeness (QED) is 0.862. The molecule has 0 saturated carbocycles. The molecule has 0 fully saturated rings. The molecule has 1 aromatic carbocycles. The molecule has 1 aromatic heterocycles. The second kappa shape index (κ2) is 4.23. The standard InChI is InChI=1S/C11H9NO2S/c13-10(14)6-9-11(15-7-12-9)8-4-2-1-3-5-8/h1-5,7H,6H2,(H,13,14). The van der Waals surface area contributed by atoms with Crippen LogP contribution in [0.25, 0.3) is 10.4 Å². The lowest BCUT2D eigenvalue weighted by molar-refractivity contribution is -0.136. The number of rotatable bonds is 3. The van der Waals surface area contributed by atoms with Gasteiger partial charge in [0.15, 0.2) is 0 Å². The summed E-state index contributed by atoms with van der Waals surface area (Å²) in [6.45, 7) is 0. The Morgan fingerprint density at radius 1 is 1.33 bits per heavy atom. The highest BCUT2D eigenvalue weighted by Crippen LogP contribution is 2.27. The summed E-state index contributed by atoms with van der Waals surface area (Å²) in [6.07, 6.45) is -0.0201. The Labute approximate surface area is 91.0 Å². The maximum atomic E-state index is 10.6. The first kappa shape index (κ1) is 9.86. The highest BCUT2D eigenvalue weighted by molar-refractivity contribution is 7.13. The van der Waals surface area contributed by atoms with Crippen molar-refractivity contribution in [3.8, 4) is 10.4 Å². The average Bonchev–Trinajstić information content (AvgIpc) is 2.66. The highest BCUT2D eigenvalue weighted by atomic mass is 32.1. The van der Waals surface area contributed by atoms with E-state index in [-0.39, 0.29) is 6.42 Å². The van der Waals surface area contributed by atoms with E-state index in [2.05, 4.69) is 4.98 Å². The predicted octanol–water partition coefficient (Wildman–Crippen LogP) is 2.44. The summed E-state index contributed by atoms with van der Waals surface area (Å²) in [5, 5.41) is 8.72. The first-order chi connectivity index (χ1) is 7.27. The molecule has 1 N–H and O–H groups in total. The van der Waals surface area contributed by atoms with Crippen LogP contribution in [-0.2, 0) is 11.2 Å². The normalized spacial score (nSPS) is 10.1. The third-order valence-corrected chi connectivity index (χ3v) is 2.91. The summed E-state index contributed by atoms with van der Waals surface area (Å²) >= 11 is 1.47. The van der Waals surface area contributed by atoms with E-state index in [1.165, 1.54) is 11.3 Å². The van der Waals surface area contributed by atoms with Crippen molar-refractivity contribution in [1.82, 2.24) is 4.98 Å². The third-order valence-electron chi connectivity index (χ3n) is 2.00. The van der Waals surface area contributed by atoms with Crippen LogP contribution in [0.1, 0.15) is 5.69 Å². The summed E-state index contributed by atoms with van der Waals surface area (Å²) < 4.78 is 0. The predicted molar refractivity (Wildman–Crippen MR) is 58.9 cm³/mol. The molecular formula is C11H9NO2S. The van der Waals surface area contributed by atoms with E-state index >= 15 is 0 Å². The number of hydrogen-bond acceptors (Lipinski definition) is 3. The van der Waals surface area contributed by atoms with E-state index in [9.17, 15) is 4.79 Å². The van der Waals surface area contributed by atoms with Gasteiger partial charge in [-0.1, -0.05) is 30.3 Å². The van der Waals surface area contributed by atoms with Crippen molar-refractivity contribution >= 4 is 17.3 Å². The van der Waals surface area contributed by atoms with Gasteiger partial charge >= 0.3 is 5.97 Å². The monoisotopic (exact) mass is 219 g/mol. The van der Waals surface area contributed by atoms with Crippen molar-refractivity contribution in [3.05, 3.63) is 41.5 Å². The van der Waals surface area contributed by atoms with E-state index in [0.717, 1.165) is 10.4 Å². The number of carbonyl (C=O) groups is 1. The van der Waals surface area contributed by atoms with Crippen molar-refractivity contribution < 1.29 is 9.90 Å². The van der Waals surface area contributed by atoms with Gasteiger partial charge in [-0.3, -0.25) is 4.79 Å². The van der Waals surface area contributed by atoms with Crippen LogP contribution >= 0.6 is 11.3 Å². The second-order valence-electron chi connectivity index (χ2n) is 3.06. The molecule has 2 rings (SSSR count). The average molecular weight is 219 g/mol. The van der Waals surface area contributed by atoms with Gasteiger partial charge in [0.1, 0.15) is 0 Å². The highest BCUT2D eigenvalue weighted by Gasteiger charge is 2.11. The van der Waals surface area contributed by atoms with Gasteiger partial charge in [0.25, 0.3) is 0 Å². The van der Waals surface area contributed by atoms with Crippen LogP contribution in [0.4, 0.5) is 0 Å². The molecule has 4 heteroatoms. The van der Waals surface area contributed by atoms with Crippen LogP contribution in [-0.4, -0.2) is 16.1 Å². The maximum Gasteiger partial charge on any atom is 0.309 e. The second-order valence-corrected chi connectivity index (χ2v) is 3.92. The number of aromatic nitrogens is 1. The zero-order chi connectivity index (χ0) is 10.7. The Balaban J connectivity index is 2.37. The molecule has 0 bridgehead atoms. The number of aliphatic carboxylic acids is 1. The van der Waals surface area contributed by atoms with Crippen LogP contribution in [0.5, 0.6) is 0 Å². The van der Waals surface area contributed by atoms with E-state index in [4.69, 9.17) is 5.11 Å². The van der Waals surface area contributed by atoms with Crippen LogP contribution in [0.3, 0.4) is 0 Å². The summed E-state index contributed by atoms with van der Waals surface area (Å²) in [6, 6.07) is 9.71. The van der Waals surface area contributed by atoms with E-state index in [1.807, 2.05) is 30.3 Å². The van der Waals surface area contributed by atoms with Crippen LogP contribution in [0.15, 0.2) is 35.8 Å². The molecule has 2 aromatic rings. The molecule has 0 radical (unpaired) electrons. The molecule has 76 valence electrons. The lowest BCUT2D eigenvalue weighted by Gasteiger charge is -1.99. The molecule has 0 aliphatic rings. The minimum atomic E-state index is -0.849. The Morgan fingerprint density at radius 2 is 2.07 bits per heavy atom. The van der Waals surface area contributed by atoms with Gasteiger partial charge in [0, 0.05) is 0 Å². The molecule has 0 saturated heterocycles. The molecule has 0 amide bonds. The fourth-order valence-corrected chi connectivity index (χ4v) is 2.18. The number of carboxylic acid groups (broad SMARTS) is 1. The lowest BCUT2D eigenvalue weighted by atomic mass is 10.1. The van der Waals surface area contributed by atoms with Crippen LogP contribution < -0.4 is 0 Å². The topological polar surface area (TPSA) is 50.2 Å². The van der Waals surface area contributed by atoms with Crippen molar-refractivity contribution in [2.75, 3.05) is 0 Å². The third kappa shape index (κ3) is 2.22. The van der Waals surface area contributed by atoms with E-state index < -0.39 is 5.97 Å². The number of thiazole rings is 1. The van der Waals surface area contributed by atoms with Crippen LogP contribution in [0.2, 0.25) is 0 Å². The number of benzene rings is 1. The molecule has 0 aliphatic carbocycles. The lowest BCUT2D eigenvalue weighted by Crippen LogP contribution is -2.01. The smallest absolute Gasteiger partial charge is 0.309 e. The molecule has 3 nitrogen and oxygen atoms in total. The van der Waals surface area contributed by atoms with Gasteiger partial charge in [0.05, 0.1) is 22.5 Å². The number of carboxylic acids is 1. The largest absolute Gasteiger partial charge is 0.481 e.